The Hall–Kier alpha value is -0.0900. The molecule has 1 aliphatic carbocycles. The van der Waals surface area contributed by atoms with Gasteiger partial charge < -0.3 is 0 Å². The van der Waals surface area contributed by atoms with E-state index in [0.29, 0.717) is 0 Å². The van der Waals surface area contributed by atoms with Crippen molar-refractivity contribution in [3.8, 4) is 0 Å². The maximum Gasteiger partial charge on any atom is 0.0449 e. The second kappa shape index (κ2) is 6.57. The van der Waals surface area contributed by atoms with Crippen LogP contribution in [0, 0.1) is 5.41 Å². The van der Waals surface area contributed by atoms with Gasteiger partial charge in [-0.1, -0.05) is 59.8 Å². The van der Waals surface area contributed by atoms with E-state index in [1.165, 1.54) is 37.7 Å². The van der Waals surface area contributed by atoms with Gasteiger partial charge in [-0.05, 0) is 42.4 Å². The minimum Gasteiger partial charge on any atom is -0.271 e. The molecule has 0 aromatic heterocycles. The lowest BCUT2D eigenvalue weighted by atomic mass is 9.69. The summed E-state index contributed by atoms with van der Waals surface area (Å²) in [5.41, 5.74) is 4.48. The number of nitrogens with one attached hydrogen (secondary N) is 1. The first-order chi connectivity index (χ1) is 9.05. The Balaban J connectivity index is 2.14. The molecule has 3 N–H and O–H groups in total. The van der Waals surface area contributed by atoms with E-state index >= 15 is 0 Å². The van der Waals surface area contributed by atoms with Gasteiger partial charge in [0.05, 0.1) is 0 Å². The molecule has 1 aliphatic rings. The van der Waals surface area contributed by atoms with E-state index in [1.54, 1.807) is 0 Å². The van der Waals surface area contributed by atoms with Crippen molar-refractivity contribution in [2.45, 2.75) is 51.5 Å². The molecular formula is C15H22BrClN2. The van der Waals surface area contributed by atoms with E-state index in [1.807, 2.05) is 12.1 Å². The van der Waals surface area contributed by atoms with Crippen molar-refractivity contribution in [2.24, 2.45) is 11.3 Å². The summed E-state index contributed by atoms with van der Waals surface area (Å²) in [6.07, 6.45) is 7.35. The summed E-state index contributed by atoms with van der Waals surface area (Å²) in [7, 11) is 0. The Labute approximate surface area is 129 Å². The van der Waals surface area contributed by atoms with Crippen molar-refractivity contribution in [1.82, 2.24) is 5.43 Å². The molecule has 0 radical (unpaired) electrons. The van der Waals surface area contributed by atoms with Gasteiger partial charge in [-0.25, -0.2) is 0 Å². The first-order valence-corrected chi connectivity index (χ1v) is 8.12. The monoisotopic (exact) mass is 344 g/mol. The first-order valence-electron chi connectivity index (χ1n) is 6.95. The van der Waals surface area contributed by atoms with E-state index in [9.17, 15) is 0 Å². The zero-order valence-corrected chi connectivity index (χ0v) is 13.7. The van der Waals surface area contributed by atoms with Crippen LogP contribution in [0.25, 0.3) is 0 Å². The molecule has 106 valence electrons. The highest BCUT2D eigenvalue weighted by Crippen LogP contribution is 2.40. The molecule has 0 heterocycles. The van der Waals surface area contributed by atoms with E-state index in [0.717, 1.165) is 15.9 Å². The number of rotatable bonds is 4. The number of benzene rings is 1. The Morgan fingerprint density at radius 1 is 1.37 bits per heavy atom. The van der Waals surface area contributed by atoms with Gasteiger partial charge in [0.25, 0.3) is 0 Å². The summed E-state index contributed by atoms with van der Waals surface area (Å²) in [6, 6.07) is 6.36. The third-order valence-electron chi connectivity index (χ3n) is 4.48. The quantitative estimate of drug-likeness (QED) is 0.625. The Morgan fingerprint density at radius 3 is 2.63 bits per heavy atom. The molecule has 0 aliphatic heterocycles. The van der Waals surface area contributed by atoms with E-state index in [4.69, 9.17) is 17.4 Å². The van der Waals surface area contributed by atoms with E-state index in [-0.39, 0.29) is 11.5 Å². The zero-order valence-electron chi connectivity index (χ0n) is 11.4. The van der Waals surface area contributed by atoms with Crippen LogP contribution in [0.15, 0.2) is 22.7 Å². The minimum atomic E-state index is 0.281. The predicted molar refractivity (Wildman–Crippen MR) is 85.2 cm³/mol. The van der Waals surface area contributed by atoms with Crippen LogP contribution in [0.5, 0.6) is 0 Å². The third kappa shape index (κ3) is 3.72. The average molecular weight is 346 g/mol. The van der Waals surface area contributed by atoms with Crippen molar-refractivity contribution >= 4 is 27.5 Å². The molecule has 0 saturated heterocycles. The largest absolute Gasteiger partial charge is 0.271 e. The van der Waals surface area contributed by atoms with E-state index in [2.05, 4.69) is 34.3 Å². The van der Waals surface area contributed by atoms with Crippen LogP contribution in [0.4, 0.5) is 0 Å². The van der Waals surface area contributed by atoms with Gasteiger partial charge >= 0.3 is 0 Å². The molecule has 1 saturated carbocycles. The third-order valence-corrected chi connectivity index (χ3v) is 5.32. The normalized spacial score (nSPS) is 20.2. The second-order valence-electron chi connectivity index (χ2n) is 5.87. The van der Waals surface area contributed by atoms with Gasteiger partial charge in [-0.2, -0.15) is 0 Å². The van der Waals surface area contributed by atoms with Crippen LogP contribution in [0.3, 0.4) is 0 Å². The lowest BCUT2D eigenvalue weighted by Gasteiger charge is -2.40. The molecule has 1 fully saturated rings. The SMILES string of the molecule is CC1(C(Cc2ccc(Br)cc2Cl)NN)CCCCC1. The van der Waals surface area contributed by atoms with Gasteiger partial charge in [-0.15, -0.1) is 0 Å². The molecule has 1 aromatic rings. The molecule has 2 rings (SSSR count). The molecule has 2 nitrogen and oxygen atoms in total. The van der Waals surface area contributed by atoms with Gasteiger partial charge in [0.1, 0.15) is 0 Å². The number of hydrogen-bond acceptors (Lipinski definition) is 2. The van der Waals surface area contributed by atoms with Gasteiger partial charge in [0, 0.05) is 15.5 Å². The fourth-order valence-corrected chi connectivity index (χ4v) is 3.87. The molecule has 0 amide bonds. The summed E-state index contributed by atoms with van der Waals surface area (Å²) >= 11 is 9.76. The molecule has 1 aromatic carbocycles. The average Bonchev–Trinajstić information content (AvgIpc) is 2.38. The zero-order chi connectivity index (χ0) is 13.9. The smallest absolute Gasteiger partial charge is 0.0449 e. The standard InChI is InChI=1S/C15H22BrClN2/c1-15(7-3-2-4-8-15)14(19-18)9-11-5-6-12(16)10-13(11)17/h5-6,10,14,19H,2-4,7-9,18H2,1H3. The van der Waals surface area contributed by atoms with Crippen LogP contribution in [0.2, 0.25) is 5.02 Å². The molecule has 19 heavy (non-hydrogen) atoms. The Morgan fingerprint density at radius 2 is 2.05 bits per heavy atom. The maximum atomic E-state index is 6.32. The highest BCUT2D eigenvalue weighted by Gasteiger charge is 2.35. The first kappa shape index (κ1) is 15.3. The lowest BCUT2D eigenvalue weighted by Crippen LogP contribution is -2.49. The van der Waals surface area contributed by atoms with Crippen LogP contribution < -0.4 is 11.3 Å². The number of hydrazine groups is 1. The van der Waals surface area contributed by atoms with Gasteiger partial charge in [-0.3, -0.25) is 11.3 Å². The number of halogens is 2. The molecule has 1 atom stereocenters. The summed E-state index contributed by atoms with van der Waals surface area (Å²) in [5.74, 6) is 5.81. The van der Waals surface area contributed by atoms with E-state index < -0.39 is 0 Å². The molecular weight excluding hydrogens is 324 g/mol. The van der Waals surface area contributed by atoms with Crippen LogP contribution in [-0.4, -0.2) is 6.04 Å². The predicted octanol–water partition coefficient (Wildman–Crippen LogP) is 4.45. The maximum absolute atomic E-state index is 6.32. The van der Waals surface area contributed by atoms with Crippen molar-refractivity contribution in [3.63, 3.8) is 0 Å². The molecule has 4 heteroatoms. The molecule has 1 unspecified atom stereocenters. The summed E-state index contributed by atoms with van der Waals surface area (Å²) in [4.78, 5) is 0. The minimum absolute atomic E-state index is 0.281. The molecule has 0 bridgehead atoms. The van der Waals surface area contributed by atoms with Crippen LogP contribution >= 0.6 is 27.5 Å². The number of hydrogen-bond donors (Lipinski definition) is 2. The summed E-state index contributed by atoms with van der Waals surface area (Å²) in [5, 5.41) is 0.814. The fourth-order valence-electron chi connectivity index (χ4n) is 3.12. The van der Waals surface area contributed by atoms with Crippen molar-refractivity contribution in [2.75, 3.05) is 0 Å². The van der Waals surface area contributed by atoms with Gasteiger partial charge in [0.15, 0.2) is 0 Å². The van der Waals surface area contributed by atoms with Crippen molar-refractivity contribution in [3.05, 3.63) is 33.3 Å². The van der Waals surface area contributed by atoms with Crippen LogP contribution in [-0.2, 0) is 6.42 Å². The van der Waals surface area contributed by atoms with Gasteiger partial charge in [0.2, 0.25) is 0 Å². The Kier molecular flexibility index (Phi) is 5.29. The van der Waals surface area contributed by atoms with Crippen molar-refractivity contribution in [1.29, 1.82) is 0 Å². The highest BCUT2D eigenvalue weighted by molar-refractivity contribution is 9.10. The summed E-state index contributed by atoms with van der Waals surface area (Å²) in [6.45, 7) is 2.35. The summed E-state index contributed by atoms with van der Waals surface area (Å²) < 4.78 is 1.02. The topological polar surface area (TPSA) is 38.0 Å². The Bertz CT molecular complexity index is 430. The highest BCUT2D eigenvalue weighted by atomic mass is 79.9. The van der Waals surface area contributed by atoms with Crippen molar-refractivity contribution < 1.29 is 0 Å². The number of nitrogens with two attached hydrogens (primary N) is 1. The van der Waals surface area contributed by atoms with Crippen LogP contribution in [0.1, 0.15) is 44.6 Å². The lowest BCUT2D eigenvalue weighted by molar-refractivity contribution is 0.144. The second-order valence-corrected chi connectivity index (χ2v) is 7.20. The molecule has 0 spiro atoms. The fraction of sp³-hybridized carbons (Fsp3) is 0.600.